The van der Waals surface area contributed by atoms with Gasteiger partial charge in [0.15, 0.2) is 0 Å². The summed E-state index contributed by atoms with van der Waals surface area (Å²) in [4.78, 5) is 38.0. The van der Waals surface area contributed by atoms with Crippen LogP contribution in [-0.4, -0.2) is 35.1 Å². The number of aromatic hydroxyl groups is 1. The molecule has 4 rings (SSSR count). The number of methoxy groups -OCH3 is 1. The molecule has 0 spiro atoms. The minimum atomic E-state index is -1.30. The van der Waals surface area contributed by atoms with Crippen molar-refractivity contribution >= 4 is 40.9 Å². The van der Waals surface area contributed by atoms with Crippen molar-refractivity contribution in [2.45, 2.75) is 10.1 Å². The average Bonchev–Trinajstić information content (AvgIpc) is 2.94. The number of hydrogen-bond acceptors (Lipinski definition) is 6. The summed E-state index contributed by atoms with van der Waals surface area (Å²) < 4.78 is 5.12. The highest BCUT2D eigenvalue weighted by molar-refractivity contribution is 8.00. The van der Waals surface area contributed by atoms with E-state index in [1.807, 2.05) is 30.3 Å². The zero-order valence-electron chi connectivity index (χ0n) is 20.3. The van der Waals surface area contributed by atoms with Crippen LogP contribution in [0.4, 0.5) is 11.4 Å². The number of carbonyl (C=O) groups excluding carboxylic acids is 2. The number of ether oxygens (including phenoxy) is 1. The van der Waals surface area contributed by atoms with Crippen LogP contribution in [0, 0.1) is 0 Å². The van der Waals surface area contributed by atoms with Crippen LogP contribution in [0.15, 0.2) is 102 Å². The molecule has 0 bridgehead atoms. The van der Waals surface area contributed by atoms with Crippen LogP contribution < -0.4 is 15.4 Å². The molecule has 0 aliphatic heterocycles. The number of hydrogen-bond donors (Lipinski definition) is 4. The molecule has 0 aliphatic rings. The quantitative estimate of drug-likeness (QED) is 0.159. The maximum absolute atomic E-state index is 13.3. The predicted molar refractivity (Wildman–Crippen MR) is 146 cm³/mol. The molecule has 0 heterocycles. The van der Waals surface area contributed by atoms with E-state index in [2.05, 4.69) is 10.6 Å². The molecule has 1 unspecified atom stereocenters. The maximum atomic E-state index is 13.3. The number of phenols is 1. The van der Waals surface area contributed by atoms with Gasteiger partial charge in [0.1, 0.15) is 22.3 Å². The van der Waals surface area contributed by atoms with Crippen LogP contribution in [-0.2, 0) is 4.79 Å². The van der Waals surface area contributed by atoms with Crippen molar-refractivity contribution in [3.63, 3.8) is 0 Å². The zero-order chi connectivity index (χ0) is 27.1. The van der Waals surface area contributed by atoms with E-state index in [1.54, 1.807) is 55.6 Å². The van der Waals surface area contributed by atoms with E-state index in [9.17, 15) is 24.6 Å². The van der Waals surface area contributed by atoms with Crippen molar-refractivity contribution in [1.29, 1.82) is 0 Å². The first-order valence-corrected chi connectivity index (χ1v) is 12.4. The van der Waals surface area contributed by atoms with Crippen molar-refractivity contribution < 1.29 is 29.3 Å². The molecule has 0 saturated carbocycles. The first kappa shape index (κ1) is 26.3. The molecule has 38 heavy (non-hydrogen) atoms. The van der Waals surface area contributed by atoms with Crippen LogP contribution in [0.25, 0.3) is 0 Å². The molecule has 9 heteroatoms. The Morgan fingerprint density at radius 3 is 2.11 bits per heavy atom. The van der Waals surface area contributed by atoms with Gasteiger partial charge in [0, 0.05) is 21.8 Å². The monoisotopic (exact) mass is 528 g/mol. The van der Waals surface area contributed by atoms with Gasteiger partial charge in [0.25, 0.3) is 5.91 Å². The van der Waals surface area contributed by atoms with E-state index < -0.39 is 11.2 Å². The largest absolute Gasteiger partial charge is 0.507 e. The minimum absolute atomic E-state index is 0.253. The van der Waals surface area contributed by atoms with Gasteiger partial charge in [-0.1, -0.05) is 30.3 Å². The van der Waals surface area contributed by atoms with Crippen molar-refractivity contribution in [3.05, 3.63) is 114 Å². The fourth-order valence-electron chi connectivity index (χ4n) is 3.59. The van der Waals surface area contributed by atoms with Gasteiger partial charge in [-0.3, -0.25) is 9.59 Å². The Morgan fingerprint density at radius 1 is 0.816 bits per heavy atom. The van der Waals surface area contributed by atoms with Gasteiger partial charge in [-0.2, -0.15) is 0 Å². The molecule has 0 aliphatic carbocycles. The number of carboxylic acid groups (broad SMARTS) is 1. The first-order valence-electron chi connectivity index (χ1n) is 11.5. The summed E-state index contributed by atoms with van der Waals surface area (Å²) in [5.41, 5.74) is 1.79. The minimum Gasteiger partial charge on any atom is -0.507 e. The summed E-state index contributed by atoms with van der Waals surface area (Å²) in [7, 11) is 1.56. The number of rotatable bonds is 9. The molecule has 4 N–H and O–H groups in total. The van der Waals surface area contributed by atoms with Crippen LogP contribution in [0.2, 0.25) is 0 Å². The fourth-order valence-corrected chi connectivity index (χ4v) is 4.62. The summed E-state index contributed by atoms with van der Waals surface area (Å²) >= 11 is 1.31. The Labute approximate surface area is 223 Å². The van der Waals surface area contributed by atoms with E-state index in [0.29, 0.717) is 17.0 Å². The lowest BCUT2D eigenvalue weighted by Gasteiger charge is -2.18. The Balaban J connectivity index is 1.49. The van der Waals surface area contributed by atoms with E-state index in [4.69, 9.17) is 4.74 Å². The molecule has 0 fully saturated rings. The number of benzene rings is 4. The second-order valence-corrected chi connectivity index (χ2v) is 9.32. The van der Waals surface area contributed by atoms with E-state index in [1.165, 1.54) is 30.0 Å². The lowest BCUT2D eigenvalue weighted by atomic mass is 10.1. The third kappa shape index (κ3) is 6.51. The Hall–Kier alpha value is -4.76. The topological polar surface area (TPSA) is 125 Å². The van der Waals surface area contributed by atoms with Crippen molar-refractivity contribution in [1.82, 2.24) is 0 Å². The molecule has 0 radical (unpaired) electrons. The Bertz CT molecular complexity index is 1440. The zero-order valence-corrected chi connectivity index (χ0v) is 21.1. The van der Waals surface area contributed by atoms with Gasteiger partial charge in [-0.05, 0) is 72.3 Å². The number of aromatic carboxylic acids is 1. The van der Waals surface area contributed by atoms with Gasteiger partial charge in [0.2, 0.25) is 5.91 Å². The van der Waals surface area contributed by atoms with Crippen molar-refractivity contribution in [2.24, 2.45) is 0 Å². The average molecular weight is 529 g/mol. The molecular formula is C29H24N2O6S. The van der Waals surface area contributed by atoms with Crippen LogP contribution in [0.1, 0.15) is 31.5 Å². The summed E-state index contributed by atoms with van der Waals surface area (Å²) in [6.07, 6.45) is 0. The summed E-state index contributed by atoms with van der Waals surface area (Å²) in [5, 5.41) is 24.0. The highest BCUT2D eigenvalue weighted by Crippen LogP contribution is 2.37. The molecule has 2 amide bonds. The molecule has 4 aromatic carbocycles. The van der Waals surface area contributed by atoms with Crippen LogP contribution in [0.5, 0.6) is 11.5 Å². The van der Waals surface area contributed by atoms with Crippen molar-refractivity contribution in [3.8, 4) is 11.5 Å². The predicted octanol–water partition coefficient (Wildman–Crippen LogP) is 5.82. The third-order valence-corrected chi connectivity index (χ3v) is 6.82. The number of anilines is 2. The summed E-state index contributed by atoms with van der Waals surface area (Å²) in [6.45, 7) is 0. The molecule has 192 valence electrons. The first-order chi connectivity index (χ1) is 18.3. The number of carboxylic acids is 1. The number of nitrogens with one attached hydrogen (secondary N) is 2. The van der Waals surface area contributed by atoms with Gasteiger partial charge >= 0.3 is 5.97 Å². The maximum Gasteiger partial charge on any atom is 0.339 e. The number of thioether (sulfide) groups is 1. The molecule has 0 saturated heterocycles. The van der Waals surface area contributed by atoms with E-state index in [-0.39, 0.29) is 28.8 Å². The van der Waals surface area contributed by atoms with Gasteiger partial charge in [-0.25, -0.2) is 4.79 Å². The smallest absolute Gasteiger partial charge is 0.339 e. The highest BCUT2D eigenvalue weighted by atomic mass is 32.2. The molecule has 8 nitrogen and oxygen atoms in total. The third-order valence-electron chi connectivity index (χ3n) is 5.55. The second-order valence-electron chi connectivity index (χ2n) is 8.14. The molecule has 1 atom stereocenters. The van der Waals surface area contributed by atoms with Gasteiger partial charge < -0.3 is 25.6 Å². The number of amides is 2. The van der Waals surface area contributed by atoms with E-state index in [0.717, 1.165) is 10.5 Å². The number of carbonyl (C=O) groups is 3. The fraction of sp³-hybridized carbons (Fsp3) is 0.0690. The molecule has 0 aromatic heterocycles. The summed E-state index contributed by atoms with van der Waals surface area (Å²) in [6, 6.07) is 26.9. The lowest BCUT2D eigenvalue weighted by Crippen LogP contribution is -2.19. The summed E-state index contributed by atoms with van der Waals surface area (Å²) in [5.74, 6) is -1.65. The molecule has 4 aromatic rings. The Morgan fingerprint density at radius 2 is 1.47 bits per heavy atom. The lowest BCUT2D eigenvalue weighted by molar-refractivity contribution is -0.115. The van der Waals surface area contributed by atoms with Gasteiger partial charge in [0.05, 0.1) is 7.11 Å². The molecular weight excluding hydrogens is 504 g/mol. The normalized spacial score (nSPS) is 11.3. The van der Waals surface area contributed by atoms with Crippen LogP contribution in [0.3, 0.4) is 0 Å². The Kier molecular flexibility index (Phi) is 8.30. The highest BCUT2D eigenvalue weighted by Gasteiger charge is 2.23. The van der Waals surface area contributed by atoms with E-state index >= 15 is 0 Å². The van der Waals surface area contributed by atoms with Gasteiger partial charge in [-0.15, -0.1) is 11.8 Å². The second kappa shape index (κ2) is 12.0. The van der Waals surface area contributed by atoms with Crippen molar-refractivity contribution in [2.75, 3.05) is 17.7 Å². The SMILES string of the molecule is COc1ccc(C(=O)Nc2ccc(SC(C(=O)Nc3ccc(O)c(C(=O)O)c3)c3ccccc3)cc2)cc1. The standard InChI is InChI=1S/C29H24N2O6S/c1-37-22-12-7-19(8-13-22)27(33)30-20-9-14-23(15-10-20)38-26(18-5-3-2-4-6-18)28(34)31-21-11-16-25(32)24(17-21)29(35)36/h2-17,26,32H,1H3,(H,30,33)(H,31,34)(H,35,36). The van der Waals surface area contributed by atoms with Crippen LogP contribution >= 0.6 is 11.8 Å².